The van der Waals surface area contributed by atoms with Gasteiger partial charge in [0.2, 0.25) is 0 Å². The summed E-state index contributed by atoms with van der Waals surface area (Å²) >= 11 is 1.22. The van der Waals surface area contributed by atoms with E-state index in [-0.39, 0.29) is 5.82 Å². The summed E-state index contributed by atoms with van der Waals surface area (Å²) in [6.07, 6.45) is -0.452. The zero-order valence-electron chi connectivity index (χ0n) is 11.4. The van der Waals surface area contributed by atoms with Gasteiger partial charge in [-0.15, -0.1) is 0 Å². The first-order valence-corrected chi connectivity index (χ1v) is 6.90. The summed E-state index contributed by atoms with van der Waals surface area (Å²) in [5, 5.41) is 3.60. The minimum Gasteiger partial charge on any atom is -0.454 e. The lowest BCUT2D eigenvalue weighted by molar-refractivity contribution is 0.0338. The lowest BCUT2D eigenvalue weighted by Gasteiger charge is -2.14. The maximum absolute atomic E-state index is 12.9. The number of aromatic nitrogens is 1. The van der Waals surface area contributed by atoms with Crippen molar-refractivity contribution in [1.29, 1.82) is 0 Å². The van der Waals surface area contributed by atoms with Crippen molar-refractivity contribution in [3.63, 3.8) is 0 Å². The number of hydrogen-bond donors (Lipinski definition) is 1. The summed E-state index contributed by atoms with van der Waals surface area (Å²) in [4.78, 5) is 12.2. The van der Waals surface area contributed by atoms with Crippen molar-refractivity contribution in [2.24, 2.45) is 0 Å². The monoisotopic (exact) mass is 294 g/mol. The molecule has 0 saturated heterocycles. The molecule has 1 N–H and O–H groups in total. The Balaban J connectivity index is 2.15. The summed E-state index contributed by atoms with van der Waals surface area (Å²) < 4.78 is 22.4. The number of anilines is 1. The molecule has 0 radical (unpaired) electrons. The predicted octanol–water partition coefficient (Wildman–Crippen LogP) is 3.55. The fourth-order valence-electron chi connectivity index (χ4n) is 1.80. The molecule has 20 heavy (non-hydrogen) atoms. The normalized spacial score (nSPS) is 12.0. The van der Waals surface area contributed by atoms with E-state index in [1.54, 1.807) is 33.0 Å². The average Bonchev–Trinajstić information content (AvgIpc) is 2.80. The van der Waals surface area contributed by atoms with Crippen LogP contribution in [0.2, 0.25) is 0 Å². The molecule has 106 valence electrons. The quantitative estimate of drug-likeness (QED) is 0.876. The van der Waals surface area contributed by atoms with Crippen LogP contribution in [0.15, 0.2) is 24.3 Å². The van der Waals surface area contributed by atoms with E-state index in [1.807, 2.05) is 0 Å². The third kappa shape index (κ3) is 2.96. The van der Waals surface area contributed by atoms with Gasteiger partial charge < -0.3 is 10.1 Å². The summed E-state index contributed by atoms with van der Waals surface area (Å²) in [7, 11) is 1.73. The van der Waals surface area contributed by atoms with Gasteiger partial charge in [-0.2, -0.15) is 4.37 Å². The van der Waals surface area contributed by atoms with Crippen molar-refractivity contribution in [2.45, 2.75) is 20.0 Å². The molecule has 1 atom stereocenters. The average molecular weight is 294 g/mol. The van der Waals surface area contributed by atoms with E-state index in [0.717, 1.165) is 5.56 Å². The standard InChI is InChI=1S/C14H15FN2O2S/c1-8-12(13(16-3)20-17-8)14(18)19-9(2)10-4-6-11(15)7-5-10/h4-7,9,16H,1-3H3/t9-/m1/s1. The van der Waals surface area contributed by atoms with Crippen molar-refractivity contribution >= 4 is 22.5 Å². The van der Waals surface area contributed by atoms with Gasteiger partial charge >= 0.3 is 5.97 Å². The van der Waals surface area contributed by atoms with Crippen LogP contribution in [-0.2, 0) is 4.74 Å². The second-order valence-corrected chi connectivity index (χ2v) is 5.09. The highest BCUT2D eigenvalue weighted by molar-refractivity contribution is 7.10. The van der Waals surface area contributed by atoms with Crippen LogP contribution in [0.25, 0.3) is 0 Å². The third-order valence-electron chi connectivity index (χ3n) is 2.92. The smallest absolute Gasteiger partial charge is 0.343 e. The lowest BCUT2D eigenvalue weighted by Crippen LogP contribution is -2.11. The van der Waals surface area contributed by atoms with E-state index in [1.165, 1.54) is 23.7 Å². The Labute approximate surface area is 120 Å². The largest absolute Gasteiger partial charge is 0.454 e. The molecule has 0 bridgehead atoms. The predicted molar refractivity (Wildman–Crippen MR) is 76.6 cm³/mol. The molecule has 1 heterocycles. The summed E-state index contributed by atoms with van der Waals surface area (Å²) in [5.74, 6) is -0.750. The van der Waals surface area contributed by atoms with Crippen LogP contribution in [0, 0.1) is 12.7 Å². The molecular weight excluding hydrogens is 279 g/mol. The number of ether oxygens (including phenoxy) is 1. The number of rotatable bonds is 4. The summed E-state index contributed by atoms with van der Waals surface area (Å²) in [6, 6.07) is 5.89. The highest BCUT2D eigenvalue weighted by atomic mass is 32.1. The maximum atomic E-state index is 12.9. The molecule has 0 amide bonds. The first-order valence-electron chi connectivity index (χ1n) is 6.13. The molecule has 0 unspecified atom stereocenters. The SMILES string of the molecule is CNc1snc(C)c1C(=O)O[C@H](C)c1ccc(F)cc1. The number of esters is 1. The number of benzene rings is 1. The zero-order valence-corrected chi connectivity index (χ0v) is 12.3. The second-order valence-electron chi connectivity index (χ2n) is 4.32. The molecule has 0 aliphatic rings. The van der Waals surface area contributed by atoms with Crippen LogP contribution < -0.4 is 5.32 Å². The van der Waals surface area contributed by atoms with Crippen molar-refractivity contribution in [1.82, 2.24) is 4.37 Å². The van der Waals surface area contributed by atoms with Crippen molar-refractivity contribution < 1.29 is 13.9 Å². The van der Waals surface area contributed by atoms with Gasteiger partial charge in [0.15, 0.2) is 0 Å². The Morgan fingerprint density at radius 1 is 1.40 bits per heavy atom. The third-order valence-corrected chi connectivity index (χ3v) is 3.87. The molecule has 1 aromatic heterocycles. The van der Waals surface area contributed by atoms with Gasteiger partial charge in [-0.05, 0) is 43.1 Å². The number of carbonyl (C=O) groups excluding carboxylic acids is 1. The highest BCUT2D eigenvalue weighted by Crippen LogP contribution is 2.27. The molecule has 4 nitrogen and oxygen atoms in total. The van der Waals surface area contributed by atoms with Gasteiger partial charge in [0.05, 0.1) is 5.69 Å². The minimum atomic E-state index is -0.452. The second kappa shape index (κ2) is 6.00. The molecule has 2 rings (SSSR count). The van der Waals surface area contributed by atoms with Crippen molar-refractivity contribution in [3.05, 3.63) is 46.9 Å². The van der Waals surface area contributed by atoms with Crippen LogP contribution in [0.3, 0.4) is 0 Å². The van der Waals surface area contributed by atoms with E-state index < -0.39 is 12.1 Å². The first-order chi connectivity index (χ1) is 9.52. The van der Waals surface area contributed by atoms with E-state index >= 15 is 0 Å². The Hall–Kier alpha value is -1.95. The van der Waals surface area contributed by atoms with Gasteiger partial charge in [0, 0.05) is 7.05 Å². The number of nitrogens with zero attached hydrogens (tertiary/aromatic N) is 1. The summed E-state index contributed by atoms with van der Waals surface area (Å²) in [5.41, 5.74) is 1.83. The van der Waals surface area contributed by atoms with E-state index in [2.05, 4.69) is 9.69 Å². The number of carbonyl (C=O) groups is 1. The molecule has 0 fully saturated rings. The van der Waals surface area contributed by atoms with Gasteiger partial charge in [-0.3, -0.25) is 0 Å². The van der Waals surface area contributed by atoms with Crippen LogP contribution in [0.5, 0.6) is 0 Å². The summed E-state index contributed by atoms with van der Waals surface area (Å²) in [6.45, 7) is 3.51. The van der Waals surface area contributed by atoms with E-state index in [0.29, 0.717) is 16.3 Å². The van der Waals surface area contributed by atoms with Gasteiger partial charge in [-0.25, -0.2) is 9.18 Å². The molecule has 0 saturated carbocycles. The van der Waals surface area contributed by atoms with Crippen LogP contribution >= 0.6 is 11.5 Å². The number of halogens is 1. The van der Waals surface area contributed by atoms with Crippen LogP contribution in [0.1, 0.15) is 34.6 Å². The van der Waals surface area contributed by atoms with E-state index in [4.69, 9.17) is 4.74 Å². The zero-order chi connectivity index (χ0) is 14.7. The Morgan fingerprint density at radius 2 is 2.05 bits per heavy atom. The lowest BCUT2D eigenvalue weighted by atomic mass is 10.1. The Kier molecular flexibility index (Phi) is 4.34. The maximum Gasteiger partial charge on any atom is 0.343 e. The molecular formula is C14H15FN2O2S. The van der Waals surface area contributed by atoms with E-state index in [9.17, 15) is 9.18 Å². The highest BCUT2D eigenvalue weighted by Gasteiger charge is 2.21. The molecule has 6 heteroatoms. The molecule has 2 aromatic rings. The van der Waals surface area contributed by atoms with Crippen LogP contribution in [0.4, 0.5) is 9.39 Å². The number of aryl methyl sites for hydroxylation is 1. The number of hydrogen-bond acceptors (Lipinski definition) is 5. The Morgan fingerprint density at radius 3 is 2.65 bits per heavy atom. The number of nitrogens with one attached hydrogen (secondary N) is 1. The molecule has 0 aliphatic heterocycles. The van der Waals surface area contributed by atoms with Crippen LogP contribution in [-0.4, -0.2) is 17.4 Å². The fraction of sp³-hybridized carbons (Fsp3) is 0.286. The molecule has 1 aromatic carbocycles. The minimum absolute atomic E-state index is 0.317. The fourth-order valence-corrected chi connectivity index (χ4v) is 2.54. The first kappa shape index (κ1) is 14.5. The topological polar surface area (TPSA) is 51.2 Å². The van der Waals surface area contributed by atoms with Crippen molar-refractivity contribution in [3.8, 4) is 0 Å². The van der Waals surface area contributed by atoms with Gasteiger partial charge in [0.1, 0.15) is 22.5 Å². The van der Waals surface area contributed by atoms with Gasteiger partial charge in [0.25, 0.3) is 0 Å². The van der Waals surface area contributed by atoms with Gasteiger partial charge in [-0.1, -0.05) is 12.1 Å². The van der Waals surface area contributed by atoms with Crippen molar-refractivity contribution in [2.75, 3.05) is 12.4 Å². The molecule has 0 aliphatic carbocycles. The molecule has 0 spiro atoms. The Bertz CT molecular complexity index is 610.